The molecule has 0 bridgehead atoms. The quantitative estimate of drug-likeness (QED) is 0.712. The molecule has 0 aromatic heterocycles. The van der Waals surface area contributed by atoms with Gasteiger partial charge in [-0.3, -0.25) is 0 Å². The van der Waals surface area contributed by atoms with Gasteiger partial charge in [-0.15, -0.1) is 0 Å². The molecule has 0 spiro atoms. The average molecular weight is 408 g/mol. The van der Waals surface area contributed by atoms with E-state index in [1.54, 1.807) is 20.8 Å². The number of likely N-dealkylation sites (tertiary alicyclic amines) is 1. The first-order valence-corrected chi connectivity index (χ1v) is 9.40. The van der Waals surface area contributed by atoms with Gasteiger partial charge < -0.3 is 29.5 Å². The summed E-state index contributed by atoms with van der Waals surface area (Å²) in [5.41, 5.74) is 0.211. The molecular formula is C20H28N2O7. The van der Waals surface area contributed by atoms with E-state index < -0.39 is 36.4 Å². The molecule has 2 N–H and O–H groups in total. The summed E-state index contributed by atoms with van der Waals surface area (Å²) in [6.45, 7) is 5.18. The first kappa shape index (κ1) is 22.5. The summed E-state index contributed by atoms with van der Waals surface area (Å²) in [6, 6.07) is 8.49. The number of amides is 2. The highest BCUT2D eigenvalue weighted by molar-refractivity contribution is 5.70. The minimum atomic E-state index is -1.09. The number of aliphatic carboxylic acids is 1. The highest BCUT2D eigenvalue weighted by atomic mass is 16.6. The van der Waals surface area contributed by atoms with Crippen molar-refractivity contribution in [2.24, 2.45) is 0 Å². The SMILES string of the molecule is CC(C)(C)OC(=O)N[C@@H]1C[C@H](COCC(=O)O)N(C(=O)OCc2ccccc2)C1. The topological polar surface area (TPSA) is 114 Å². The highest BCUT2D eigenvalue weighted by Crippen LogP contribution is 2.21. The molecular weight excluding hydrogens is 380 g/mol. The third-order valence-corrected chi connectivity index (χ3v) is 4.11. The zero-order valence-electron chi connectivity index (χ0n) is 16.9. The third-order valence-electron chi connectivity index (χ3n) is 4.11. The second kappa shape index (κ2) is 10.1. The number of carboxylic acid groups (broad SMARTS) is 1. The molecule has 1 heterocycles. The van der Waals surface area contributed by atoms with Crippen LogP contribution in [0.1, 0.15) is 32.8 Å². The second-order valence-corrected chi connectivity index (χ2v) is 7.83. The van der Waals surface area contributed by atoms with Gasteiger partial charge in [-0.05, 0) is 32.8 Å². The lowest BCUT2D eigenvalue weighted by atomic mass is 10.2. The van der Waals surface area contributed by atoms with Gasteiger partial charge in [-0.25, -0.2) is 14.4 Å². The zero-order valence-corrected chi connectivity index (χ0v) is 16.9. The van der Waals surface area contributed by atoms with Crippen molar-refractivity contribution in [3.8, 4) is 0 Å². The maximum atomic E-state index is 12.6. The number of carbonyl (C=O) groups excluding carboxylic acids is 2. The van der Waals surface area contributed by atoms with Crippen LogP contribution in [-0.4, -0.2) is 65.6 Å². The molecule has 9 nitrogen and oxygen atoms in total. The number of benzene rings is 1. The number of nitrogens with one attached hydrogen (secondary N) is 1. The van der Waals surface area contributed by atoms with Gasteiger partial charge >= 0.3 is 18.2 Å². The van der Waals surface area contributed by atoms with Gasteiger partial charge in [0.05, 0.1) is 18.7 Å². The maximum absolute atomic E-state index is 12.6. The second-order valence-electron chi connectivity index (χ2n) is 7.83. The molecule has 2 rings (SSSR count). The molecule has 1 saturated heterocycles. The number of alkyl carbamates (subject to hydrolysis) is 1. The van der Waals surface area contributed by atoms with Gasteiger partial charge in [0.25, 0.3) is 0 Å². The van der Waals surface area contributed by atoms with E-state index in [-0.39, 0.29) is 25.8 Å². The molecule has 1 aromatic carbocycles. The predicted molar refractivity (Wildman–Crippen MR) is 103 cm³/mol. The minimum absolute atomic E-state index is 0.0270. The Balaban J connectivity index is 1.95. The first-order valence-electron chi connectivity index (χ1n) is 9.40. The molecule has 1 aliphatic heterocycles. The summed E-state index contributed by atoms with van der Waals surface area (Å²) in [4.78, 5) is 36.7. The number of rotatable bonds is 7. The number of carboxylic acids is 1. The Bertz CT molecular complexity index is 703. The van der Waals surface area contributed by atoms with Gasteiger partial charge in [0, 0.05) is 6.54 Å². The van der Waals surface area contributed by atoms with Crippen LogP contribution >= 0.6 is 0 Å². The number of nitrogens with zero attached hydrogens (tertiary/aromatic N) is 1. The van der Waals surface area contributed by atoms with Gasteiger partial charge in [-0.2, -0.15) is 0 Å². The summed E-state index contributed by atoms with van der Waals surface area (Å²) in [7, 11) is 0. The van der Waals surface area contributed by atoms with Crippen LogP contribution in [0.15, 0.2) is 30.3 Å². The number of carbonyl (C=O) groups is 3. The standard InChI is InChI=1S/C20H28N2O7/c1-20(2,3)29-18(25)21-15-9-16(12-27-13-17(23)24)22(10-15)19(26)28-11-14-7-5-4-6-8-14/h4-8,15-16H,9-13H2,1-3H3,(H,21,25)(H,23,24)/t15-,16-/m1/s1. The Hall–Kier alpha value is -2.81. The van der Waals surface area contributed by atoms with E-state index in [1.807, 2.05) is 30.3 Å². The van der Waals surface area contributed by atoms with Crippen LogP contribution in [0.25, 0.3) is 0 Å². The number of ether oxygens (including phenoxy) is 3. The zero-order chi connectivity index (χ0) is 21.4. The molecule has 1 aliphatic rings. The maximum Gasteiger partial charge on any atom is 0.410 e. The van der Waals surface area contributed by atoms with E-state index in [0.29, 0.717) is 6.42 Å². The van der Waals surface area contributed by atoms with Gasteiger partial charge in [0.1, 0.15) is 18.8 Å². The Morgan fingerprint density at radius 3 is 2.52 bits per heavy atom. The largest absolute Gasteiger partial charge is 0.480 e. The Kier molecular flexibility index (Phi) is 7.83. The van der Waals surface area contributed by atoms with Crippen LogP contribution in [0.5, 0.6) is 0 Å². The van der Waals surface area contributed by atoms with Crippen molar-refractivity contribution in [3.05, 3.63) is 35.9 Å². The highest BCUT2D eigenvalue weighted by Gasteiger charge is 2.37. The normalized spacial score (nSPS) is 18.9. The van der Waals surface area contributed by atoms with Crippen LogP contribution in [0.3, 0.4) is 0 Å². The summed E-state index contributed by atoms with van der Waals surface area (Å²) < 4.78 is 15.8. The molecule has 0 radical (unpaired) electrons. The van der Waals surface area contributed by atoms with E-state index in [2.05, 4.69) is 5.32 Å². The Morgan fingerprint density at radius 1 is 1.21 bits per heavy atom. The molecule has 2 amide bonds. The molecule has 29 heavy (non-hydrogen) atoms. The van der Waals surface area contributed by atoms with Crippen LogP contribution in [0.2, 0.25) is 0 Å². The minimum Gasteiger partial charge on any atom is -0.480 e. The van der Waals surface area contributed by atoms with Crippen LogP contribution in [0, 0.1) is 0 Å². The smallest absolute Gasteiger partial charge is 0.410 e. The lowest BCUT2D eigenvalue weighted by Gasteiger charge is -2.23. The van der Waals surface area contributed by atoms with Gasteiger partial charge in [-0.1, -0.05) is 30.3 Å². The van der Waals surface area contributed by atoms with Gasteiger partial charge in [0.15, 0.2) is 0 Å². The molecule has 1 fully saturated rings. The van der Waals surface area contributed by atoms with Crippen LogP contribution < -0.4 is 5.32 Å². The summed E-state index contributed by atoms with van der Waals surface area (Å²) in [5.74, 6) is -1.09. The fourth-order valence-corrected chi connectivity index (χ4v) is 2.96. The lowest BCUT2D eigenvalue weighted by molar-refractivity contribution is -0.142. The van der Waals surface area contributed by atoms with Crippen molar-refractivity contribution in [2.75, 3.05) is 19.8 Å². The molecule has 160 valence electrons. The molecule has 0 saturated carbocycles. The summed E-state index contributed by atoms with van der Waals surface area (Å²) >= 11 is 0. The average Bonchev–Trinajstić information content (AvgIpc) is 3.01. The van der Waals surface area contributed by atoms with Crippen molar-refractivity contribution in [3.63, 3.8) is 0 Å². The monoisotopic (exact) mass is 408 g/mol. The van der Waals surface area contributed by atoms with Crippen molar-refractivity contribution >= 4 is 18.2 Å². The molecule has 9 heteroatoms. The van der Waals surface area contributed by atoms with E-state index in [0.717, 1.165) is 5.56 Å². The molecule has 2 atom stereocenters. The van der Waals surface area contributed by atoms with E-state index in [9.17, 15) is 14.4 Å². The van der Waals surface area contributed by atoms with Crippen LogP contribution in [0.4, 0.5) is 9.59 Å². The van der Waals surface area contributed by atoms with Gasteiger partial charge in [0.2, 0.25) is 0 Å². The molecule has 0 aliphatic carbocycles. The van der Waals surface area contributed by atoms with E-state index in [4.69, 9.17) is 19.3 Å². The lowest BCUT2D eigenvalue weighted by Crippen LogP contribution is -2.42. The molecule has 1 aromatic rings. The number of hydrogen-bond donors (Lipinski definition) is 2. The number of hydrogen-bond acceptors (Lipinski definition) is 6. The first-order chi connectivity index (χ1) is 13.6. The van der Waals surface area contributed by atoms with E-state index in [1.165, 1.54) is 4.90 Å². The third kappa shape index (κ3) is 7.98. The van der Waals surface area contributed by atoms with Crippen molar-refractivity contribution in [1.82, 2.24) is 10.2 Å². The Morgan fingerprint density at radius 2 is 1.90 bits per heavy atom. The summed E-state index contributed by atoms with van der Waals surface area (Å²) in [6.07, 6.45) is -0.724. The fourth-order valence-electron chi connectivity index (χ4n) is 2.96. The van der Waals surface area contributed by atoms with Crippen LogP contribution in [-0.2, 0) is 25.6 Å². The van der Waals surface area contributed by atoms with Crippen molar-refractivity contribution in [1.29, 1.82) is 0 Å². The predicted octanol–water partition coefficient (Wildman–Crippen LogP) is 2.39. The Labute approximate surface area is 169 Å². The summed E-state index contributed by atoms with van der Waals surface area (Å²) in [5, 5.41) is 11.5. The van der Waals surface area contributed by atoms with E-state index >= 15 is 0 Å². The fraction of sp³-hybridized carbons (Fsp3) is 0.550. The molecule has 0 unspecified atom stereocenters. The van der Waals surface area contributed by atoms with Crippen molar-refractivity contribution in [2.45, 2.75) is 51.5 Å². The van der Waals surface area contributed by atoms with Crippen molar-refractivity contribution < 1.29 is 33.7 Å².